The molecule has 0 bridgehead atoms. The van der Waals surface area contributed by atoms with Crippen molar-refractivity contribution in [3.63, 3.8) is 0 Å². The molecule has 0 aromatic heterocycles. The molecule has 3 N–H and O–H groups in total. The predicted molar refractivity (Wildman–Crippen MR) is 116 cm³/mol. The second-order valence-electron chi connectivity index (χ2n) is 6.98. The summed E-state index contributed by atoms with van der Waals surface area (Å²) in [4.78, 5) is 25.3. The van der Waals surface area contributed by atoms with Crippen LogP contribution in [0, 0.1) is 0 Å². The molecule has 170 valence electrons. The number of aliphatic carboxylic acids is 1. The summed E-state index contributed by atoms with van der Waals surface area (Å²) >= 11 is -1.81. The number of carboxylic acids is 1. The Morgan fingerprint density at radius 3 is 2.40 bits per heavy atom. The Morgan fingerprint density at radius 1 is 0.967 bits per heavy atom. The quantitative estimate of drug-likeness (QED) is 0.249. The number of anilines is 1. The van der Waals surface area contributed by atoms with Gasteiger partial charge in [-0.25, -0.2) is 4.21 Å². The van der Waals surface area contributed by atoms with Crippen LogP contribution in [-0.4, -0.2) is 56.4 Å². The zero-order valence-electron chi connectivity index (χ0n) is 17.3. The van der Waals surface area contributed by atoms with Gasteiger partial charge >= 0.3 is 5.97 Å². The first-order chi connectivity index (χ1) is 14.5. The fraction of sp³-hybridized carbons (Fsp3) is 0.619. The number of aliphatic hydroxyl groups excluding tert-OH is 1. The highest BCUT2D eigenvalue weighted by molar-refractivity contribution is 7.79. The number of hydrogen-bond donors (Lipinski definition) is 3. The predicted octanol–water partition coefficient (Wildman–Crippen LogP) is 3.21. The number of benzene rings is 1. The van der Waals surface area contributed by atoms with E-state index in [1.807, 2.05) is 6.07 Å². The van der Waals surface area contributed by atoms with Crippen LogP contribution in [0.3, 0.4) is 0 Å². The van der Waals surface area contributed by atoms with Gasteiger partial charge in [-0.1, -0.05) is 25.0 Å². The second-order valence-corrected chi connectivity index (χ2v) is 8.03. The molecule has 0 saturated carbocycles. The minimum absolute atomic E-state index is 0.0158. The van der Waals surface area contributed by atoms with Crippen molar-refractivity contribution in [2.75, 3.05) is 30.4 Å². The molecule has 8 nitrogen and oxygen atoms in total. The van der Waals surface area contributed by atoms with Crippen LogP contribution in [-0.2, 0) is 20.7 Å². The van der Waals surface area contributed by atoms with Crippen molar-refractivity contribution >= 4 is 28.6 Å². The van der Waals surface area contributed by atoms with Crippen molar-refractivity contribution in [3.8, 4) is 5.75 Å². The van der Waals surface area contributed by atoms with E-state index in [0.29, 0.717) is 56.5 Å². The molecule has 0 aliphatic heterocycles. The molecule has 1 amide bonds. The van der Waals surface area contributed by atoms with E-state index in [9.17, 15) is 13.8 Å². The van der Waals surface area contributed by atoms with E-state index >= 15 is 0 Å². The van der Waals surface area contributed by atoms with Crippen LogP contribution >= 0.6 is 0 Å². The maximum atomic E-state index is 12.9. The third kappa shape index (κ3) is 11.3. The fourth-order valence-corrected chi connectivity index (χ4v) is 3.41. The Bertz CT molecular complexity index is 669. The van der Waals surface area contributed by atoms with Gasteiger partial charge in [0.1, 0.15) is 5.75 Å². The molecule has 1 unspecified atom stereocenters. The first kappa shape index (κ1) is 26.1. The van der Waals surface area contributed by atoms with Gasteiger partial charge in [-0.2, -0.15) is 0 Å². The van der Waals surface area contributed by atoms with E-state index in [4.69, 9.17) is 19.5 Å². The number of unbranched alkanes of at least 4 members (excludes halogenated alkanes) is 4. The zero-order valence-corrected chi connectivity index (χ0v) is 18.1. The number of carbonyl (C=O) groups excluding carboxylic acids is 1. The first-order valence-corrected chi connectivity index (χ1v) is 11.7. The fourth-order valence-electron chi connectivity index (χ4n) is 2.96. The topological polar surface area (TPSA) is 124 Å². The summed E-state index contributed by atoms with van der Waals surface area (Å²) in [5.41, 5.74) is 0.644. The van der Waals surface area contributed by atoms with Crippen LogP contribution in [0.5, 0.6) is 5.75 Å². The minimum Gasteiger partial charge on any atom is -0.491 e. The molecule has 0 aliphatic rings. The minimum atomic E-state index is -1.81. The summed E-state index contributed by atoms with van der Waals surface area (Å²) in [5, 5.41) is 17.7. The van der Waals surface area contributed by atoms with Crippen molar-refractivity contribution in [2.45, 2.75) is 57.8 Å². The number of amides is 1. The molecule has 0 fully saturated rings. The molecule has 1 aromatic rings. The third-order valence-electron chi connectivity index (χ3n) is 4.50. The molecule has 1 aromatic carbocycles. The molecule has 0 radical (unpaired) electrons. The number of aliphatic hydroxyl groups is 1. The molecule has 0 saturated heterocycles. The Morgan fingerprint density at radius 2 is 1.70 bits per heavy atom. The number of hydrogen-bond acceptors (Lipinski definition) is 5. The summed E-state index contributed by atoms with van der Waals surface area (Å²) in [6.45, 7) is 0.813. The average Bonchev–Trinajstić information content (AvgIpc) is 2.71. The zero-order chi connectivity index (χ0) is 22.2. The van der Waals surface area contributed by atoms with E-state index in [0.717, 1.165) is 12.8 Å². The maximum Gasteiger partial charge on any atom is 0.303 e. The number of carboxylic acid groups (broad SMARTS) is 1. The molecule has 0 heterocycles. The summed E-state index contributed by atoms with van der Waals surface area (Å²) < 4.78 is 25.4. The van der Waals surface area contributed by atoms with Crippen molar-refractivity contribution < 1.29 is 33.3 Å². The molecular weight excluding hydrogens is 410 g/mol. The standard InChI is InChI=1S/C21H33NO7S/c23-15-7-1-3-12-20(24)22(14-6-2-8-17-30(27)28)18-10-4-5-11-19(18)29-16-9-13-21(25)26/h4-5,10-11,23H,1-3,6-9,12-17H2,(H,25,26)(H,27,28). The van der Waals surface area contributed by atoms with E-state index < -0.39 is 17.0 Å². The van der Waals surface area contributed by atoms with Crippen LogP contribution < -0.4 is 9.64 Å². The maximum absolute atomic E-state index is 12.9. The van der Waals surface area contributed by atoms with Crippen molar-refractivity contribution in [1.82, 2.24) is 0 Å². The highest BCUT2D eigenvalue weighted by Gasteiger charge is 2.19. The van der Waals surface area contributed by atoms with E-state index in [-0.39, 0.29) is 31.3 Å². The normalized spacial score (nSPS) is 11.8. The molecular formula is C21H33NO7S. The lowest BCUT2D eigenvalue weighted by Gasteiger charge is -2.25. The van der Waals surface area contributed by atoms with Crippen molar-refractivity contribution in [3.05, 3.63) is 24.3 Å². The summed E-state index contributed by atoms with van der Waals surface area (Å²) in [6, 6.07) is 7.19. The molecule has 1 rings (SSSR count). The largest absolute Gasteiger partial charge is 0.491 e. The van der Waals surface area contributed by atoms with Gasteiger partial charge in [-0.3, -0.25) is 9.59 Å². The Kier molecular flexibility index (Phi) is 13.7. The van der Waals surface area contributed by atoms with Gasteiger partial charge in [0.15, 0.2) is 11.1 Å². The smallest absolute Gasteiger partial charge is 0.303 e. The van der Waals surface area contributed by atoms with Crippen LogP contribution in [0.2, 0.25) is 0 Å². The van der Waals surface area contributed by atoms with Gasteiger partial charge in [-0.15, -0.1) is 0 Å². The first-order valence-electron chi connectivity index (χ1n) is 10.4. The molecule has 9 heteroatoms. The second kappa shape index (κ2) is 15.8. The van der Waals surface area contributed by atoms with E-state index in [2.05, 4.69) is 0 Å². The number of carbonyl (C=O) groups is 2. The van der Waals surface area contributed by atoms with E-state index in [1.54, 1.807) is 23.1 Å². The van der Waals surface area contributed by atoms with Crippen LogP contribution in [0.25, 0.3) is 0 Å². The third-order valence-corrected chi connectivity index (χ3v) is 5.14. The Balaban J connectivity index is 2.79. The van der Waals surface area contributed by atoms with Crippen LogP contribution in [0.1, 0.15) is 57.8 Å². The monoisotopic (exact) mass is 443 g/mol. The van der Waals surface area contributed by atoms with Crippen LogP contribution in [0.4, 0.5) is 5.69 Å². The summed E-state index contributed by atoms with van der Waals surface area (Å²) in [7, 11) is 0. The van der Waals surface area contributed by atoms with Crippen molar-refractivity contribution in [1.29, 1.82) is 0 Å². The van der Waals surface area contributed by atoms with Crippen molar-refractivity contribution in [2.24, 2.45) is 0 Å². The average molecular weight is 444 g/mol. The molecule has 0 aliphatic carbocycles. The SMILES string of the molecule is O=C(O)CCCOc1ccccc1N(CCCCCS(=O)O)C(=O)CCCCCO. The van der Waals surface area contributed by atoms with Gasteiger partial charge in [0.2, 0.25) is 5.91 Å². The number of ether oxygens (including phenoxy) is 1. The van der Waals surface area contributed by atoms with Gasteiger partial charge in [0.25, 0.3) is 0 Å². The van der Waals surface area contributed by atoms with E-state index in [1.165, 1.54) is 0 Å². The van der Waals surface area contributed by atoms with Gasteiger partial charge in [-0.05, 0) is 44.2 Å². The van der Waals surface area contributed by atoms with Gasteiger partial charge in [0, 0.05) is 31.7 Å². The lowest BCUT2D eigenvalue weighted by molar-refractivity contribution is -0.137. The summed E-state index contributed by atoms with van der Waals surface area (Å²) in [6.07, 6.45) is 4.87. The lowest BCUT2D eigenvalue weighted by atomic mass is 10.1. The van der Waals surface area contributed by atoms with Gasteiger partial charge < -0.3 is 24.4 Å². The number of para-hydroxylation sites is 2. The Labute approximate surface area is 180 Å². The highest BCUT2D eigenvalue weighted by Crippen LogP contribution is 2.29. The van der Waals surface area contributed by atoms with Crippen LogP contribution in [0.15, 0.2) is 24.3 Å². The summed E-state index contributed by atoms with van der Waals surface area (Å²) in [5.74, 6) is -0.169. The highest BCUT2D eigenvalue weighted by atomic mass is 32.2. The molecule has 0 spiro atoms. The lowest BCUT2D eigenvalue weighted by Crippen LogP contribution is -2.32. The Hall–Kier alpha value is -1.97. The molecule has 1 atom stereocenters. The van der Waals surface area contributed by atoms with Gasteiger partial charge in [0.05, 0.1) is 12.3 Å². The number of rotatable bonds is 17. The molecule has 30 heavy (non-hydrogen) atoms. The number of nitrogens with zero attached hydrogens (tertiary/aromatic N) is 1.